The van der Waals surface area contributed by atoms with Gasteiger partial charge in [-0.05, 0) is 58.0 Å². The van der Waals surface area contributed by atoms with Crippen LogP contribution in [0.5, 0.6) is 0 Å². The molecular formula is C36H71NO5. The van der Waals surface area contributed by atoms with E-state index in [1.807, 2.05) is 0 Å². The molecule has 0 unspecified atom stereocenters. The minimum Gasteiger partial charge on any atom is -0.466 e. The molecule has 0 radical (unpaired) electrons. The fourth-order valence-electron chi connectivity index (χ4n) is 5.50. The minimum absolute atomic E-state index is 0.0514. The number of unbranched alkanes of at least 4 members (excludes halogenated alkanes) is 16. The summed E-state index contributed by atoms with van der Waals surface area (Å²) in [5, 5.41) is 9.48. The monoisotopic (exact) mass is 598 g/mol. The average molecular weight is 598 g/mol. The highest BCUT2D eigenvalue weighted by molar-refractivity contribution is 5.69. The van der Waals surface area contributed by atoms with Crippen molar-refractivity contribution in [2.75, 3.05) is 32.8 Å². The molecule has 0 aromatic heterocycles. The Morgan fingerprint density at radius 2 is 0.976 bits per heavy atom. The van der Waals surface area contributed by atoms with E-state index < -0.39 is 0 Å². The van der Waals surface area contributed by atoms with E-state index in [0.29, 0.717) is 38.8 Å². The Kier molecular flexibility index (Phi) is 31.9. The summed E-state index contributed by atoms with van der Waals surface area (Å²) in [5.41, 5.74) is 0. The number of carbonyl (C=O) groups is 2. The SMILES string of the molecule is CCCCCCCCCOC(=O)CCCN(CCO)CCCC(=O)OC(CCCCCCCC)CCCCCCCC. The summed E-state index contributed by atoms with van der Waals surface area (Å²) in [7, 11) is 0. The summed E-state index contributed by atoms with van der Waals surface area (Å²) in [5.74, 6) is -0.217. The van der Waals surface area contributed by atoms with Crippen molar-refractivity contribution >= 4 is 11.9 Å². The molecule has 0 rings (SSSR count). The van der Waals surface area contributed by atoms with Gasteiger partial charge in [0.15, 0.2) is 0 Å². The van der Waals surface area contributed by atoms with Crippen LogP contribution in [0.25, 0.3) is 0 Å². The molecule has 6 heteroatoms. The van der Waals surface area contributed by atoms with Crippen LogP contribution >= 0.6 is 0 Å². The molecular weight excluding hydrogens is 526 g/mol. The van der Waals surface area contributed by atoms with Gasteiger partial charge < -0.3 is 19.5 Å². The van der Waals surface area contributed by atoms with Gasteiger partial charge in [-0.25, -0.2) is 0 Å². The van der Waals surface area contributed by atoms with E-state index in [9.17, 15) is 14.7 Å². The molecule has 0 aliphatic rings. The van der Waals surface area contributed by atoms with Gasteiger partial charge in [-0.15, -0.1) is 0 Å². The lowest BCUT2D eigenvalue weighted by Gasteiger charge is -2.22. The average Bonchev–Trinajstić information content (AvgIpc) is 2.97. The Balaban J connectivity index is 4.24. The van der Waals surface area contributed by atoms with Crippen LogP contribution < -0.4 is 0 Å². The fourth-order valence-corrected chi connectivity index (χ4v) is 5.50. The van der Waals surface area contributed by atoms with E-state index in [1.54, 1.807) is 0 Å². The van der Waals surface area contributed by atoms with Gasteiger partial charge >= 0.3 is 11.9 Å². The number of nitrogens with zero attached hydrogens (tertiary/aromatic N) is 1. The first-order valence-electron chi connectivity index (χ1n) is 18.3. The maximum atomic E-state index is 12.7. The lowest BCUT2D eigenvalue weighted by Crippen LogP contribution is -2.30. The van der Waals surface area contributed by atoms with Gasteiger partial charge in [0.2, 0.25) is 0 Å². The first kappa shape index (κ1) is 40.9. The van der Waals surface area contributed by atoms with Crippen molar-refractivity contribution < 1.29 is 24.2 Å². The number of esters is 2. The van der Waals surface area contributed by atoms with Crippen molar-refractivity contribution in [2.45, 2.75) is 187 Å². The van der Waals surface area contributed by atoms with E-state index in [0.717, 1.165) is 51.6 Å². The van der Waals surface area contributed by atoms with Gasteiger partial charge in [-0.3, -0.25) is 9.59 Å². The summed E-state index contributed by atoms with van der Waals surface area (Å²) < 4.78 is 11.4. The van der Waals surface area contributed by atoms with Gasteiger partial charge in [0.25, 0.3) is 0 Å². The zero-order valence-electron chi connectivity index (χ0n) is 28.3. The van der Waals surface area contributed by atoms with Crippen LogP contribution in [-0.2, 0) is 19.1 Å². The van der Waals surface area contributed by atoms with Crippen LogP contribution in [0.4, 0.5) is 0 Å². The Labute approximate surface area is 261 Å². The zero-order chi connectivity index (χ0) is 30.9. The maximum Gasteiger partial charge on any atom is 0.306 e. The number of rotatable bonds is 33. The third-order valence-corrected chi connectivity index (χ3v) is 8.20. The lowest BCUT2D eigenvalue weighted by molar-refractivity contribution is -0.150. The minimum atomic E-state index is -0.129. The zero-order valence-corrected chi connectivity index (χ0v) is 28.3. The third kappa shape index (κ3) is 29.0. The van der Waals surface area contributed by atoms with E-state index in [1.165, 1.54) is 96.3 Å². The van der Waals surface area contributed by atoms with Crippen LogP contribution in [0.3, 0.4) is 0 Å². The summed E-state index contributed by atoms with van der Waals surface area (Å²) >= 11 is 0. The molecule has 250 valence electrons. The predicted molar refractivity (Wildman–Crippen MR) is 177 cm³/mol. The molecule has 0 heterocycles. The summed E-state index contributed by atoms with van der Waals surface area (Å²) in [4.78, 5) is 26.9. The third-order valence-electron chi connectivity index (χ3n) is 8.20. The van der Waals surface area contributed by atoms with E-state index in [-0.39, 0.29) is 24.6 Å². The van der Waals surface area contributed by atoms with Crippen molar-refractivity contribution in [3.63, 3.8) is 0 Å². The molecule has 0 atom stereocenters. The quantitative estimate of drug-likeness (QED) is 0.0600. The van der Waals surface area contributed by atoms with Gasteiger partial charge in [-0.2, -0.15) is 0 Å². The molecule has 0 bridgehead atoms. The first-order chi connectivity index (χ1) is 20.6. The van der Waals surface area contributed by atoms with Crippen LogP contribution in [0.1, 0.15) is 181 Å². The van der Waals surface area contributed by atoms with E-state index >= 15 is 0 Å². The number of hydrogen-bond donors (Lipinski definition) is 1. The Hall–Kier alpha value is -1.14. The van der Waals surface area contributed by atoms with Crippen molar-refractivity contribution in [3.8, 4) is 0 Å². The second-order valence-corrected chi connectivity index (χ2v) is 12.3. The van der Waals surface area contributed by atoms with Crippen LogP contribution in [0, 0.1) is 0 Å². The molecule has 0 fully saturated rings. The molecule has 0 saturated carbocycles. The van der Waals surface area contributed by atoms with Crippen LogP contribution in [0.15, 0.2) is 0 Å². The van der Waals surface area contributed by atoms with Gasteiger partial charge in [0.05, 0.1) is 13.2 Å². The molecule has 0 spiro atoms. The normalized spacial score (nSPS) is 11.5. The largest absolute Gasteiger partial charge is 0.466 e. The van der Waals surface area contributed by atoms with Crippen molar-refractivity contribution in [1.29, 1.82) is 0 Å². The molecule has 0 aliphatic heterocycles. The molecule has 1 N–H and O–H groups in total. The lowest BCUT2D eigenvalue weighted by atomic mass is 10.0. The molecule has 0 saturated heterocycles. The van der Waals surface area contributed by atoms with Gasteiger partial charge in [0, 0.05) is 19.4 Å². The predicted octanol–water partition coefficient (Wildman–Crippen LogP) is 9.55. The van der Waals surface area contributed by atoms with Crippen LogP contribution in [0.2, 0.25) is 0 Å². The van der Waals surface area contributed by atoms with E-state index in [4.69, 9.17) is 9.47 Å². The standard InChI is InChI=1S/C36H71NO5/c1-4-7-10-13-16-19-22-33-41-35(39)27-23-29-37(31-32-38)30-24-28-36(40)42-34(25-20-17-14-11-8-5-2)26-21-18-15-12-9-6-3/h34,38H,4-33H2,1-3H3. The molecule has 0 amide bonds. The topological polar surface area (TPSA) is 76.1 Å². The second kappa shape index (κ2) is 32.8. The number of aliphatic hydroxyl groups excluding tert-OH is 1. The fraction of sp³-hybridized carbons (Fsp3) is 0.944. The molecule has 0 aromatic carbocycles. The van der Waals surface area contributed by atoms with Gasteiger partial charge in [-0.1, -0.05) is 124 Å². The highest BCUT2D eigenvalue weighted by atomic mass is 16.5. The van der Waals surface area contributed by atoms with Crippen molar-refractivity contribution in [1.82, 2.24) is 4.90 Å². The molecule has 6 nitrogen and oxygen atoms in total. The van der Waals surface area contributed by atoms with Crippen molar-refractivity contribution in [3.05, 3.63) is 0 Å². The Bertz CT molecular complexity index is 569. The smallest absolute Gasteiger partial charge is 0.306 e. The number of hydrogen-bond acceptors (Lipinski definition) is 6. The van der Waals surface area contributed by atoms with Gasteiger partial charge in [0.1, 0.15) is 6.10 Å². The first-order valence-corrected chi connectivity index (χ1v) is 18.3. The second-order valence-electron chi connectivity index (χ2n) is 12.3. The number of aliphatic hydroxyl groups is 1. The number of carbonyl (C=O) groups excluding carboxylic acids is 2. The van der Waals surface area contributed by atoms with E-state index in [2.05, 4.69) is 25.7 Å². The molecule has 0 aromatic rings. The Morgan fingerprint density at radius 3 is 1.45 bits per heavy atom. The summed E-state index contributed by atoms with van der Waals surface area (Å²) in [6, 6.07) is 0. The highest BCUT2D eigenvalue weighted by Gasteiger charge is 2.15. The van der Waals surface area contributed by atoms with Crippen LogP contribution in [-0.4, -0.2) is 60.9 Å². The maximum absolute atomic E-state index is 12.7. The highest BCUT2D eigenvalue weighted by Crippen LogP contribution is 2.18. The molecule has 0 aliphatic carbocycles. The summed E-state index contributed by atoms with van der Waals surface area (Å²) in [6.07, 6.45) is 27.8. The Morgan fingerprint density at radius 1 is 0.548 bits per heavy atom. The number of ether oxygens (including phenoxy) is 2. The van der Waals surface area contributed by atoms with Crippen molar-refractivity contribution in [2.24, 2.45) is 0 Å². The molecule has 42 heavy (non-hydrogen) atoms. The summed E-state index contributed by atoms with van der Waals surface area (Å²) in [6.45, 7) is 9.32.